The molecule has 0 saturated heterocycles. The summed E-state index contributed by atoms with van der Waals surface area (Å²) < 4.78 is 5.33. The Morgan fingerprint density at radius 2 is 2.00 bits per heavy atom. The highest BCUT2D eigenvalue weighted by atomic mass is 16.5. The highest BCUT2D eigenvalue weighted by molar-refractivity contribution is 6.03. The molecule has 1 aromatic rings. The first kappa shape index (κ1) is 17.1. The van der Waals surface area contributed by atoms with Gasteiger partial charge in [0.2, 0.25) is 5.91 Å². The minimum absolute atomic E-state index is 0.0899. The van der Waals surface area contributed by atoms with Crippen LogP contribution < -0.4 is 16.4 Å². The molecule has 0 fully saturated rings. The molecule has 0 heterocycles. The minimum atomic E-state index is -0.255. The number of rotatable bonds is 8. The lowest BCUT2D eigenvalue weighted by atomic mass is 10.1. The number of nitrogens with two attached hydrogens (primary N) is 1. The quantitative estimate of drug-likeness (QED) is 0.670. The number of ether oxygens (including phenoxy) is 1. The second kappa shape index (κ2) is 9.10. The van der Waals surface area contributed by atoms with Gasteiger partial charge < -0.3 is 21.1 Å². The molecule has 0 unspecified atom stereocenters. The molecule has 0 bridgehead atoms. The first-order chi connectivity index (χ1) is 10.0. The fourth-order valence-electron chi connectivity index (χ4n) is 1.67. The van der Waals surface area contributed by atoms with Gasteiger partial charge in [-0.1, -0.05) is 12.1 Å². The Labute approximate surface area is 125 Å². The van der Waals surface area contributed by atoms with E-state index in [1.807, 2.05) is 13.8 Å². The van der Waals surface area contributed by atoms with Crippen molar-refractivity contribution in [1.29, 1.82) is 0 Å². The molecule has 116 valence electrons. The third-order valence-electron chi connectivity index (χ3n) is 2.66. The first-order valence-corrected chi connectivity index (χ1v) is 7.03. The van der Waals surface area contributed by atoms with Crippen LogP contribution in [0.3, 0.4) is 0 Å². The summed E-state index contributed by atoms with van der Waals surface area (Å²) in [5, 5.41) is 5.41. The molecule has 1 aromatic carbocycles. The van der Waals surface area contributed by atoms with E-state index in [4.69, 9.17) is 10.5 Å². The maximum Gasteiger partial charge on any atom is 0.253 e. The minimum Gasteiger partial charge on any atom is -0.378 e. The van der Waals surface area contributed by atoms with Crippen LogP contribution in [-0.2, 0) is 9.53 Å². The molecule has 0 aliphatic heterocycles. The second-order valence-electron chi connectivity index (χ2n) is 4.81. The number of benzene rings is 1. The monoisotopic (exact) mass is 293 g/mol. The molecule has 2 amide bonds. The van der Waals surface area contributed by atoms with Crippen molar-refractivity contribution in [2.45, 2.75) is 26.4 Å². The van der Waals surface area contributed by atoms with E-state index < -0.39 is 0 Å². The van der Waals surface area contributed by atoms with Gasteiger partial charge in [-0.25, -0.2) is 0 Å². The Balaban J connectivity index is 2.62. The molecule has 0 spiro atoms. The molecule has 6 heteroatoms. The van der Waals surface area contributed by atoms with Gasteiger partial charge in [0.15, 0.2) is 0 Å². The van der Waals surface area contributed by atoms with E-state index in [0.717, 1.165) is 0 Å². The number of nitrogens with one attached hydrogen (secondary N) is 2. The number of anilines is 1. The number of hydrogen-bond donors (Lipinski definition) is 3. The lowest BCUT2D eigenvalue weighted by Crippen LogP contribution is -2.30. The van der Waals surface area contributed by atoms with Crippen molar-refractivity contribution in [3.63, 3.8) is 0 Å². The van der Waals surface area contributed by atoms with Crippen molar-refractivity contribution in [3.05, 3.63) is 29.8 Å². The normalized spacial score (nSPS) is 10.5. The van der Waals surface area contributed by atoms with E-state index in [1.54, 1.807) is 24.3 Å². The standard InChI is InChI=1S/C15H23N3O3/c1-11(2)21-10-7-14(19)18-13-6-4-3-5-12(13)15(20)17-9-8-16/h3-6,11H,7-10,16H2,1-2H3,(H,17,20)(H,18,19). The van der Waals surface area contributed by atoms with Gasteiger partial charge in [0, 0.05) is 13.1 Å². The predicted octanol–water partition coefficient (Wildman–Crippen LogP) is 1.13. The Kier molecular flexibility index (Phi) is 7.42. The molecule has 0 aromatic heterocycles. The van der Waals surface area contributed by atoms with Crippen molar-refractivity contribution in [2.75, 3.05) is 25.0 Å². The molecule has 1 rings (SSSR count). The van der Waals surface area contributed by atoms with Crippen LogP contribution in [0.5, 0.6) is 0 Å². The number of hydrogen-bond acceptors (Lipinski definition) is 4. The van der Waals surface area contributed by atoms with Crippen molar-refractivity contribution >= 4 is 17.5 Å². The zero-order chi connectivity index (χ0) is 15.7. The molecular formula is C15H23N3O3. The van der Waals surface area contributed by atoms with Crippen LogP contribution in [0.2, 0.25) is 0 Å². The topological polar surface area (TPSA) is 93.4 Å². The van der Waals surface area contributed by atoms with Crippen molar-refractivity contribution in [1.82, 2.24) is 5.32 Å². The van der Waals surface area contributed by atoms with Crippen LogP contribution >= 0.6 is 0 Å². The Hall–Kier alpha value is -1.92. The van der Waals surface area contributed by atoms with E-state index in [9.17, 15) is 9.59 Å². The molecule has 21 heavy (non-hydrogen) atoms. The smallest absolute Gasteiger partial charge is 0.253 e. The largest absolute Gasteiger partial charge is 0.378 e. The first-order valence-electron chi connectivity index (χ1n) is 7.03. The van der Waals surface area contributed by atoms with Gasteiger partial charge in [0.1, 0.15) is 0 Å². The summed E-state index contributed by atoms with van der Waals surface area (Å²) >= 11 is 0. The SMILES string of the molecule is CC(C)OCCC(=O)Nc1ccccc1C(=O)NCCN. The summed E-state index contributed by atoms with van der Waals surface area (Å²) in [6.07, 6.45) is 0.337. The molecule has 0 radical (unpaired) electrons. The Morgan fingerprint density at radius 3 is 2.67 bits per heavy atom. The molecular weight excluding hydrogens is 270 g/mol. The van der Waals surface area contributed by atoms with E-state index in [2.05, 4.69) is 10.6 Å². The van der Waals surface area contributed by atoms with Crippen molar-refractivity contribution in [2.24, 2.45) is 5.73 Å². The second-order valence-corrected chi connectivity index (χ2v) is 4.81. The molecule has 0 aliphatic carbocycles. The summed E-state index contributed by atoms with van der Waals surface area (Å²) in [5.74, 6) is -0.440. The average Bonchev–Trinajstić information content (AvgIpc) is 2.45. The molecule has 6 nitrogen and oxygen atoms in total. The third-order valence-corrected chi connectivity index (χ3v) is 2.66. The fourth-order valence-corrected chi connectivity index (χ4v) is 1.67. The van der Waals surface area contributed by atoms with Gasteiger partial charge in [-0.15, -0.1) is 0 Å². The molecule has 0 saturated carbocycles. The number of carbonyl (C=O) groups is 2. The van der Waals surface area contributed by atoms with Gasteiger partial charge >= 0.3 is 0 Å². The third kappa shape index (κ3) is 6.37. The molecule has 0 atom stereocenters. The van der Waals surface area contributed by atoms with E-state index >= 15 is 0 Å². The highest BCUT2D eigenvalue weighted by Gasteiger charge is 2.12. The maximum absolute atomic E-state index is 12.0. The predicted molar refractivity (Wildman–Crippen MR) is 82.2 cm³/mol. The summed E-state index contributed by atoms with van der Waals surface area (Å²) in [5.41, 5.74) is 6.26. The van der Waals surface area contributed by atoms with Crippen molar-refractivity contribution < 1.29 is 14.3 Å². The lowest BCUT2D eigenvalue weighted by Gasteiger charge is -2.12. The van der Waals surface area contributed by atoms with Crippen molar-refractivity contribution in [3.8, 4) is 0 Å². The van der Waals surface area contributed by atoms with Crippen LogP contribution in [0.1, 0.15) is 30.6 Å². The summed E-state index contributed by atoms with van der Waals surface area (Å²) in [4.78, 5) is 23.8. The van der Waals surface area contributed by atoms with E-state index in [0.29, 0.717) is 30.9 Å². The Morgan fingerprint density at radius 1 is 1.29 bits per heavy atom. The Bertz CT molecular complexity index is 475. The lowest BCUT2D eigenvalue weighted by molar-refractivity contribution is -0.117. The molecule has 4 N–H and O–H groups in total. The zero-order valence-electron chi connectivity index (χ0n) is 12.5. The molecule has 0 aliphatic rings. The summed E-state index contributed by atoms with van der Waals surface area (Å²) in [7, 11) is 0. The summed E-state index contributed by atoms with van der Waals surface area (Å²) in [6.45, 7) is 4.94. The van der Waals surface area contributed by atoms with Crippen LogP contribution in [0.25, 0.3) is 0 Å². The number of carbonyl (C=O) groups excluding carboxylic acids is 2. The highest BCUT2D eigenvalue weighted by Crippen LogP contribution is 2.15. The number of amides is 2. The van der Waals surface area contributed by atoms with Gasteiger partial charge in [0.05, 0.1) is 30.4 Å². The van der Waals surface area contributed by atoms with Gasteiger partial charge in [0.25, 0.3) is 5.91 Å². The van der Waals surface area contributed by atoms with Crippen LogP contribution in [0.4, 0.5) is 5.69 Å². The van der Waals surface area contributed by atoms with Crippen LogP contribution in [0.15, 0.2) is 24.3 Å². The average molecular weight is 293 g/mol. The fraction of sp³-hybridized carbons (Fsp3) is 0.467. The van der Waals surface area contributed by atoms with Gasteiger partial charge in [-0.05, 0) is 26.0 Å². The number of para-hydroxylation sites is 1. The van der Waals surface area contributed by atoms with Crippen LogP contribution in [-0.4, -0.2) is 37.6 Å². The maximum atomic E-state index is 12.0. The van der Waals surface area contributed by atoms with Gasteiger partial charge in [-0.2, -0.15) is 0 Å². The van der Waals surface area contributed by atoms with Gasteiger partial charge in [-0.3, -0.25) is 9.59 Å². The van der Waals surface area contributed by atoms with E-state index in [1.165, 1.54) is 0 Å². The summed E-state index contributed by atoms with van der Waals surface area (Å²) in [6, 6.07) is 6.86. The van der Waals surface area contributed by atoms with Crippen LogP contribution in [0, 0.1) is 0 Å². The zero-order valence-corrected chi connectivity index (χ0v) is 12.5. The van der Waals surface area contributed by atoms with E-state index in [-0.39, 0.29) is 24.3 Å².